The zero-order chi connectivity index (χ0) is 12.9. The molecule has 4 heteroatoms. The molecule has 1 aliphatic rings. The van der Waals surface area contributed by atoms with Gasteiger partial charge in [-0.3, -0.25) is 10.1 Å². The van der Waals surface area contributed by atoms with Crippen molar-refractivity contribution in [3.63, 3.8) is 0 Å². The summed E-state index contributed by atoms with van der Waals surface area (Å²) < 4.78 is 0. The summed E-state index contributed by atoms with van der Waals surface area (Å²) in [5.41, 5.74) is 2.47. The molecule has 2 aromatic heterocycles. The monoisotopic (exact) mass is 256 g/mol. The molecule has 100 valence electrons. The number of rotatable bonds is 4. The summed E-state index contributed by atoms with van der Waals surface area (Å²) in [5.74, 6) is 0.611. The molecule has 0 aliphatic carbocycles. The lowest BCUT2D eigenvalue weighted by Gasteiger charge is -2.32. The standard InChI is InChI=1S/C15H20N4/c1-2-8-16-14(5-1)7-11-19-10-3-4-13(12-19)15-6-9-17-18-15/h1-2,5-6,8-9,13H,3-4,7,10-12H2,(H,17,18)/t13-/m1/s1. The highest BCUT2D eigenvalue weighted by atomic mass is 15.1. The Balaban J connectivity index is 1.54. The fraction of sp³-hybridized carbons (Fsp3) is 0.467. The van der Waals surface area contributed by atoms with Crippen LogP contribution in [0.2, 0.25) is 0 Å². The molecule has 0 radical (unpaired) electrons. The Morgan fingerprint density at radius 1 is 1.26 bits per heavy atom. The van der Waals surface area contributed by atoms with Crippen molar-refractivity contribution in [3.8, 4) is 0 Å². The molecule has 1 saturated heterocycles. The molecule has 0 amide bonds. The van der Waals surface area contributed by atoms with Crippen molar-refractivity contribution in [2.24, 2.45) is 0 Å². The molecule has 0 spiro atoms. The number of nitrogens with zero attached hydrogens (tertiary/aromatic N) is 3. The van der Waals surface area contributed by atoms with Gasteiger partial charge < -0.3 is 4.90 Å². The minimum absolute atomic E-state index is 0.611. The molecular formula is C15H20N4. The summed E-state index contributed by atoms with van der Waals surface area (Å²) >= 11 is 0. The average molecular weight is 256 g/mol. The minimum Gasteiger partial charge on any atom is -0.302 e. The van der Waals surface area contributed by atoms with Crippen LogP contribution in [0.15, 0.2) is 36.7 Å². The molecule has 1 aliphatic heterocycles. The first-order valence-electron chi connectivity index (χ1n) is 7.03. The molecule has 3 heterocycles. The number of piperidine rings is 1. The Bertz CT molecular complexity index is 480. The Labute approximate surface area is 113 Å². The third-order valence-electron chi connectivity index (χ3n) is 3.88. The smallest absolute Gasteiger partial charge is 0.0490 e. The van der Waals surface area contributed by atoms with Crippen molar-refractivity contribution in [2.75, 3.05) is 19.6 Å². The fourth-order valence-corrected chi connectivity index (χ4v) is 2.83. The number of H-pyrrole nitrogens is 1. The summed E-state index contributed by atoms with van der Waals surface area (Å²) in [4.78, 5) is 6.93. The third-order valence-corrected chi connectivity index (χ3v) is 3.88. The van der Waals surface area contributed by atoms with E-state index in [-0.39, 0.29) is 0 Å². The number of hydrogen-bond donors (Lipinski definition) is 1. The summed E-state index contributed by atoms with van der Waals surface area (Å²) in [7, 11) is 0. The van der Waals surface area contributed by atoms with Crippen LogP contribution in [-0.4, -0.2) is 39.7 Å². The largest absolute Gasteiger partial charge is 0.302 e. The zero-order valence-corrected chi connectivity index (χ0v) is 11.1. The van der Waals surface area contributed by atoms with Crippen LogP contribution in [0.5, 0.6) is 0 Å². The van der Waals surface area contributed by atoms with Crippen LogP contribution in [0.1, 0.15) is 30.1 Å². The van der Waals surface area contributed by atoms with Gasteiger partial charge in [0.2, 0.25) is 0 Å². The summed E-state index contributed by atoms with van der Waals surface area (Å²) in [6, 6.07) is 8.24. The quantitative estimate of drug-likeness (QED) is 0.912. The number of aromatic amines is 1. The molecular weight excluding hydrogens is 236 g/mol. The van der Waals surface area contributed by atoms with Gasteiger partial charge in [0.1, 0.15) is 0 Å². The molecule has 0 saturated carbocycles. The van der Waals surface area contributed by atoms with E-state index in [0.29, 0.717) is 5.92 Å². The maximum absolute atomic E-state index is 4.39. The van der Waals surface area contributed by atoms with Gasteiger partial charge in [0.15, 0.2) is 0 Å². The van der Waals surface area contributed by atoms with E-state index in [1.807, 2.05) is 18.5 Å². The molecule has 1 N–H and O–H groups in total. The van der Waals surface area contributed by atoms with Gasteiger partial charge >= 0.3 is 0 Å². The first-order valence-corrected chi connectivity index (χ1v) is 7.03. The average Bonchev–Trinajstić information content (AvgIpc) is 3.01. The van der Waals surface area contributed by atoms with Crippen LogP contribution < -0.4 is 0 Å². The number of pyridine rings is 1. The van der Waals surface area contributed by atoms with E-state index in [1.165, 1.54) is 30.8 Å². The van der Waals surface area contributed by atoms with Gasteiger partial charge in [0.25, 0.3) is 0 Å². The Kier molecular flexibility index (Phi) is 3.89. The number of hydrogen-bond acceptors (Lipinski definition) is 3. The van der Waals surface area contributed by atoms with Crippen molar-refractivity contribution >= 4 is 0 Å². The predicted molar refractivity (Wildman–Crippen MR) is 74.9 cm³/mol. The molecule has 4 nitrogen and oxygen atoms in total. The second-order valence-electron chi connectivity index (χ2n) is 5.22. The number of nitrogens with one attached hydrogen (secondary N) is 1. The van der Waals surface area contributed by atoms with Crippen LogP contribution in [0.25, 0.3) is 0 Å². The van der Waals surface area contributed by atoms with Crippen molar-refractivity contribution in [3.05, 3.63) is 48.0 Å². The highest BCUT2D eigenvalue weighted by molar-refractivity contribution is 5.08. The van der Waals surface area contributed by atoms with Gasteiger partial charge in [-0.15, -0.1) is 0 Å². The van der Waals surface area contributed by atoms with Gasteiger partial charge in [-0.05, 0) is 37.6 Å². The van der Waals surface area contributed by atoms with Crippen molar-refractivity contribution < 1.29 is 0 Å². The highest BCUT2D eigenvalue weighted by Gasteiger charge is 2.21. The topological polar surface area (TPSA) is 44.8 Å². The van der Waals surface area contributed by atoms with E-state index in [0.717, 1.165) is 19.5 Å². The molecule has 0 unspecified atom stereocenters. The SMILES string of the molecule is c1ccc(CCN2CCC[C@@H](c3ccn[nH]3)C2)nc1. The van der Waals surface area contributed by atoms with Gasteiger partial charge in [0, 0.05) is 49.2 Å². The minimum atomic E-state index is 0.611. The van der Waals surface area contributed by atoms with E-state index in [2.05, 4.69) is 38.3 Å². The Morgan fingerprint density at radius 2 is 2.26 bits per heavy atom. The van der Waals surface area contributed by atoms with E-state index >= 15 is 0 Å². The summed E-state index contributed by atoms with van der Waals surface area (Å²) in [6.45, 7) is 3.44. The molecule has 2 aromatic rings. The molecule has 1 fully saturated rings. The van der Waals surface area contributed by atoms with Gasteiger partial charge in [-0.1, -0.05) is 6.07 Å². The van der Waals surface area contributed by atoms with Crippen LogP contribution >= 0.6 is 0 Å². The van der Waals surface area contributed by atoms with Crippen LogP contribution in [0.4, 0.5) is 0 Å². The fourth-order valence-electron chi connectivity index (χ4n) is 2.83. The lowest BCUT2D eigenvalue weighted by molar-refractivity contribution is 0.208. The zero-order valence-electron chi connectivity index (χ0n) is 11.1. The second kappa shape index (κ2) is 5.97. The van der Waals surface area contributed by atoms with Crippen LogP contribution in [0.3, 0.4) is 0 Å². The number of aromatic nitrogens is 3. The summed E-state index contributed by atoms with van der Waals surface area (Å²) in [5, 5.41) is 7.17. The van der Waals surface area contributed by atoms with Crippen molar-refractivity contribution in [2.45, 2.75) is 25.2 Å². The van der Waals surface area contributed by atoms with E-state index < -0.39 is 0 Å². The third kappa shape index (κ3) is 3.20. The van der Waals surface area contributed by atoms with E-state index in [4.69, 9.17) is 0 Å². The highest BCUT2D eigenvalue weighted by Crippen LogP contribution is 2.25. The van der Waals surface area contributed by atoms with E-state index in [9.17, 15) is 0 Å². The molecule has 19 heavy (non-hydrogen) atoms. The van der Waals surface area contributed by atoms with Crippen LogP contribution in [0, 0.1) is 0 Å². The summed E-state index contributed by atoms with van der Waals surface area (Å²) in [6.07, 6.45) is 7.30. The first kappa shape index (κ1) is 12.4. The second-order valence-corrected chi connectivity index (χ2v) is 5.22. The lowest BCUT2D eigenvalue weighted by atomic mass is 9.95. The molecule has 0 aromatic carbocycles. The van der Waals surface area contributed by atoms with Crippen LogP contribution in [-0.2, 0) is 6.42 Å². The van der Waals surface area contributed by atoms with E-state index in [1.54, 1.807) is 0 Å². The molecule has 1 atom stereocenters. The first-order chi connectivity index (χ1) is 9.42. The van der Waals surface area contributed by atoms with Crippen molar-refractivity contribution in [1.82, 2.24) is 20.1 Å². The predicted octanol–water partition coefficient (Wildman–Crippen LogP) is 2.23. The maximum atomic E-state index is 4.39. The maximum Gasteiger partial charge on any atom is 0.0490 e. The Hall–Kier alpha value is -1.68. The van der Waals surface area contributed by atoms with Gasteiger partial charge in [-0.25, -0.2) is 0 Å². The lowest BCUT2D eigenvalue weighted by Crippen LogP contribution is -2.36. The molecule has 3 rings (SSSR count). The van der Waals surface area contributed by atoms with Crippen molar-refractivity contribution in [1.29, 1.82) is 0 Å². The normalized spacial score (nSPS) is 20.5. The van der Waals surface area contributed by atoms with Gasteiger partial charge in [0.05, 0.1) is 0 Å². The van der Waals surface area contributed by atoms with Gasteiger partial charge in [-0.2, -0.15) is 5.10 Å². The number of likely N-dealkylation sites (tertiary alicyclic amines) is 1. The molecule has 0 bridgehead atoms. The Morgan fingerprint density at radius 3 is 3.05 bits per heavy atom.